The topological polar surface area (TPSA) is 371 Å². The van der Waals surface area contributed by atoms with Crippen molar-refractivity contribution in [3.8, 4) is 0 Å². The molecule has 0 aromatic heterocycles. The summed E-state index contributed by atoms with van der Waals surface area (Å²) in [5, 5.41) is 55.6. The number of aliphatic hydroxyl groups is 3. The fraction of sp³-hybridized carbons (Fsp3) is 0.743. The molecule has 0 unspecified atom stereocenters. The van der Waals surface area contributed by atoms with Crippen molar-refractivity contribution < 1.29 is 63.6 Å². The van der Waals surface area contributed by atoms with Crippen molar-refractivity contribution in [1.82, 2.24) is 37.2 Å². The summed E-state index contributed by atoms with van der Waals surface area (Å²) < 4.78 is 0. The summed E-state index contributed by atoms with van der Waals surface area (Å²) in [7, 11) is 0. The summed E-state index contributed by atoms with van der Waals surface area (Å²) in [6, 6.07) is -10.3. The van der Waals surface area contributed by atoms with E-state index < -0.39 is 127 Å². The van der Waals surface area contributed by atoms with Gasteiger partial charge < -0.3 is 69.1 Å². The average Bonchev–Trinajstić information content (AvgIpc) is 3.10. The number of carboxylic acid groups (broad SMARTS) is 1. The molecule has 0 rings (SSSR count). The lowest BCUT2D eigenvalue weighted by atomic mass is 10.0. The Hall–Kier alpha value is -4.58. The predicted molar refractivity (Wildman–Crippen MR) is 211 cm³/mol. The van der Waals surface area contributed by atoms with Crippen LogP contribution in [0.1, 0.15) is 74.1 Å². The van der Waals surface area contributed by atoms with Crippen LogP contribution in [0.4, 0.5) is 0 Å². The number of carboxylic acids is 1. The zero-order valence-electron chi connectivity index (χ0n) is 34.2. The Kier molecular flexibility index (Phi) is 24.3. The number of aliphatic hydroxyl groups excluding tert-OH is 3. The summed E-state index contributed by atoms with van der Waals surface area (Å²) in [5.74, 6) is -9.00. The summed E-state index contributed by atoms with van der Waals surface area (Å²) in [6.45, 7) is 9.68. The molecule has 0 aliphatic carbocycles. The Balaban J connectivity index is 5.90. The van der Waals surface area contributed by atoms with Crippen LogP contribution in [0.2, 0.25) is 0 Å². The minimum atomic E-state index is -1.82. The lowest BCUT2D eigenvalue weighted by Crippen LogP contribution is -2.61. The summed E-state index contributed by atoms with van der Waals surface area (Å²) >= 11 is 1.50. The number of nitrogens with one attached hydrogen (secondary N) is 7. The van der Waals surface area contributed by atoms with Gasteiger partial charge in [-0.1, -0.05) is 27.7 Å². The van der Waals surface area contributed by atoms with Crippen molar-refractivity contribution >= 4 is 65.0 Å². The third-order valence-electron chi connectivity index (χ3n) is 8.30. The van der Waals surface area contributed by atoms with Crippen molar-refractivity contribution in [2.45, 2.75) is 135 Å². The van der Waals surface area contributed by atoms with E-state index in [0.717, 1.165) is 13.8 Å². The van der Waals surface area contributed by atoms with Gasteiger partial charge in [0.25, 0.3) is 0 Å². The molecule has 0 bridgehead atoms. The van der Waals surface area contributed by atoms with E-state index in [0.29, 0.717) is 12.2 Å². The molecule has 0 spiro atoms. The van der Waals surface area contributed by atoms with Gasteiger partial charge in [0.2, 0.25) is 47.3 Å². The largest absolute Gasteiger partial charge is 0.480 e. The zero-order valence-corrected chi connectivity index (χ0v) is 35.0. The third kappa shape index (κ3) is 20.2. The molecule has 0 heterocycles. The Bertz CT molecular complexity index is 1430. The molecule has 0 aromatic carbocycles. The minimum Gasteiger partial charge on any atom is -0.480 e. The fourth-order valence-corrected chi connectivity index (χ4v) is 5.71. The van der Waals surface area contributed by atoms with Gasteiger partial charge in [-0.2, -0.15) is 11.8 Å². The molecule has 0 aliphatic heterocycles. The number of carbonyl (C=O) groups excluding carboxylic acids is 8. The quantitative estimate of drug-likeness (QED) is 0.0369. The van der Waals surface area contributed by atoms with E-state index in [1.54, 1.807) is 13.8 Å². The fourth-order valence-electron chi connectivity index (χ4n) is 5.22. The molecule has 58 heavy (non-hydrogen) atoms. The van der Waals surface area contributed by atoms with Gasteiger partial charge in [-0.05, 0) is 63.9 Å². The average molecular weight is 850 g/mol. The van der Waals surface area contributed by atoms with Gasteiger partial charge in [0.1, 0.15) is 30.2 Å². The molecule has 332 valence electrons. The SMILES string of the molecule is CSCC[C@H](N)C(=O)N[C@@H](CC(C)C)C(=O)N[C@H](C(=O)N[C@@H](CC(C)C)C(=O)NCC(=O)N[C@@H](CC(N)=O)C(=O)N[C@H](C(=O)N[C@H](C(=O)O)[C@@H](C)O)[C@@H](C)O)[C@@H](C)O. The molecule has 8 amide bonds. The van der Waals surface area contributed by atoms with Crippen molar-refractivity contribution in [1.29, 1.82) is 0 Å². The van der Waals surface area contributed by atoms with E-state index >= 15 is 0 Å². The Labute approximate surface area is 341 Å². The zero-order chi connectivity index (χ0) is 45.0. The molecular weight excluding hydrogens is 787 g/mol. The van der Waals surface area contributed by atoms with Crippen LogP contribution >= 0.6 is 11.8 Å². The van der Waals surface area contributed by atoms with Crippen LogP contribution in [-0.2, 0) is 43.2 Å². The highest BCUT2D eigenvalue weighted by atomic mass is 32.2. The number of primary amides is 1. The van der Waals surface area contributed by atoms with Crippen molar-refractivity contribution in [3.63, 3.8) is 0 Å². The number of amides is 8. The molecule has 0 aliphatic rings. The summed E-state index contributed by atoms with van der Waals surface area (Å²) in [5.41, 5.74) is 11.2. The van der Waals surface area contributed by atoms with Crippen LogP contribution in [0.5, 0.6) is 0 Å². The van der Waals surface area contributed by atoms with Gasteiger partial charge in [0.15, 0.2) is 6.04 Å². The molecule has 0 radical (unpaired) electrons. The van der Waals surface area contributed by atoms with E-state index in [-0.39, 0.29) is 24.7 Å². The predicted octanol–water partition coefficient (Wildman–Crippen LogP) is -4.71. The van der Waals surface area contributed by atoms with Crippen LogP contribution in [0.3, 0.4) is 0 Å². The van der Waals surface area contributed by atoms with Gasteiger partial charge in [-0.3, -0.25) is 38.4 Å². The van der Waals surface area contributed by atoms with Crippen LogP contribution in [0.15, 0.2) is 0 Å². The van der Waals surface area contributed by atoms with Gasteiger partial charge in [0, 0.05) is 0 Å². The maximum Gasteiger partial charge on any atom is 0.328 e. The normalized spacial score (nSPS) is 16.4. The Morgan fingerprint density at radius 1 is 0.569 bits per heavy atom. The van der Waals surface area contributed by atoms with Crippen LogP contribution in [-0.4, -0.2) is 153 Å². The third-order valence-corrected chi connectivity index (χ3v) is 8.95. The maximum atomic E-state index is 13.4. The standard InChI is InChI=1S/C35H63N9O13S/c1-15(2)11-21(41-33(54)26(17(5)45)42-31(52)22(12-16(3)4)40-29(50)20(36)9-10-58-8)30(51)38-14-25(49)39-23(13-24(37)48)32(53)43-27(18(6)46)34(55)44-28(19(7)47)35(56)57/h15-23,26-28,45-47H,9-14,36H2,1-8H3,(H2,37,48)(H,38,51)(H,39,49)(H,40,50)(H,41,54)(H,42,52)(H,43,53)(H,44,55)(H,56,57)/t17-,18-,19-,20+,21+,22+,23+,26+,27+,28+/m1/s1. The Morgan fingerprint density at radius 3 is 1.40 bits per heavy atom. The summed E-state index contributed by atoms with van der Waals surface area (Å²) in [6.07, 6.45) is -3.06. The monoisotopic (exact) mass is 849 g/mol. The molecule has 22 nitrogen and oxygen atoms in total. The highest BCUT2D eigenvalue weighted by molar-refractivity contribution is 7.98. The molecule has 0 aromatic rings. The number of rotatable bonds is 27. The second kappa shape index (κ2) is 26.4. The van der Waals surface area contributed by atoms with E-state index in [1.165, 1.54) is 18.7 Å². The number of hydrogen-bond acceptors (Lipinski definition) is 14. The number of carbonyl (C=O) groups is 9. The van der Waals surface area contributed by atoms with Crippen molar-refractivity contribution in [2.24, 2.45) is 23.3 Å². The van der Waals surface area contributed by atoms with E-state index in [4.69, 9.17) is 11.5 Å². The minimum absolute atomic E-state index is 0.0208. The lowest BCUT2D eigenvalue weighted by Gasteiger charge is -2.28. The molecule has 0 saturated carbocycles. The van der Waals surface area contributed by atoms with E-state index in [1.807, 2.05) is 25.4 Å². The van der Waals surface area contributed by atoms with E-state index in [2.05, 4.69) is 31.9 Å². The van der Waals surface area contributed by atoms with Crippen LogP contribution < -0.4 is 48.7 Å². The number of hydrogen-bond donors (Lipinski definition) is 13. The lowest BCUT2D eigenvalue weighted by molar-refractivity contribution is -0.146. The van der Waals surface area contributed by atoms with Crippen molar-refractivity contribution in [3.05, 3.63) is 0 Å². The molecule has 10 atom stereocenters. The number of thioether (sulfide) groups is 1. The molecule has 23 heteroatoms. The molecular formula is C35H63N9O13S. The maximum absolute atomic E-state index is 13.4. The van der Waals surface area contributed by atoms with Gasteiger partial charge in [-0.15, -0.1) is 0 Å². The highest BCUT2D eigenvalue weighted by Crippen LogP contribution is 2.10. The van der Waals surface area contributed by atoms with Gasteiger partial charge in [0.05, 0.1) is 37.3 Å². The second-order valence-electron chi connectivity index (χ2n) is 14.8. The number of aliphatic carboxylic acids is 1. The molecule has 0 fully saturated rings. The van der Waals surface area contributed by atoms with Crippen molar-refractivity contribution in [2.75, 3.05) is 18.6 Å². The van der Waals surface area contributed by atoms with Gasteiger partial charge >= 0.3 is 5.97 Å². The highest BCUT2D eigenvalue weighted by Gasteiger charge is 2.36. The Morgan fingerprint density at radius 2 is 0.983 bits per heavy atom. The first-order valence-electron chi connectivity index (χ1n) is 18.7. The molecule has 0 saturated heterocycles. The smallest absolute Gasteiger partial charge is 0.328 e. The first-order valence-corrected chi connectivity index (χ1v) is 20.1. The second-order valence-corrected chi connectivity index (χ2v) is 15.8. The number of nitrogens with two attached hydrogens (primary N) is 2. The first-order chi connectivity index (χ1) is 26.8. The first kappa shape index (κ1) is 53.4. The van der Waals surface area contributed by atoms with E-state index in [9.17, 15) is 63.6 Å². The van der Waals surface area contributed by atoms with Crippen LogP contribution in [0.25, 0.3) is 0 Å². The summed E-state index contributed by atoms with van der Waals surface area (Å²) in [4.78, 5) is 115. The molecule has 15 N–H and O–H groups in total. The van der Waals surface area contributed by atoms with Crippen LogP contribution in [0, 0.1) is 11.8 Å². The van der Waals surface area contributed by atoms with Gasteiger partial charge in [-0.25, -0.2) is 4.79 Å².